The summed E-state index contributed by atoms with van der Waals surface area (Å²) in [5.41, 5.74) is 6.13. The zero-order valence-corrected chi connectivity index (χ0v) is 12.6. The van der Waals surface area contributed by atoms with Crippen molar-refractivity contribution in [2.24, 2.45) is 11.7 Å². The van der Waals surface area contributed by atoms with Crippen LogP contribution in [0.2, 0.25) is 0 Å². The van der Waals surface area contributed by atoms with E-state index in [1.54, 1.807) is 14.0 Å². The molecule has 1 rings (SSSR count). The monoisotopic (exact) mass is 280 g/mol. The van der Waals surface area contributed by atoms with Crippen molar-refractivity contribution < 1.29 is 14.3 Å². The molecular weight excluding hydrogens is 256 g/mol. The van der Waals surface area contributed by atoms with E-state index in [1.807, 2.05) is 38.1 Å². The highest BCUT2D eigenvalue weighted by molar-refractivity contribution is 5.75. The smallest absolute Gasteiger partial charge is 0.312 e. The predicted octanol–water partition coefficient (Wildman–Crippen LogP) is 2.02. The van der Waals surface area contributed by atoms with E-state index >= 15 is 0 Å². The Morgan fingerprint density at radius 2 is 1.95 bits per heavy atom. The first-order chi connectivity index (χ1) is 9.44. The Kier molecular flexibility index (Phi) is 5.82. The number of carbonyl (C=O) groups excluding carboxylic acids is 1. The second-order valence-corrected chi connectivity index (χ2v) is 5.12. The number of ether oxygens (including phenoxy) is 2. The zero-order chi connectivity index (χ0) is 15.2. The molecule has 0 aliphatic carbocycles. The van der Waals surface area contributed by atoms with E-state index in [0.717, 1.165) is 11.4 Å². The molecule has 0 radical (unpaired) electrons. The topological polar surface area (TPSA) is 73.6 Å². The molecular formula is C15H24N2O3. The lowest BCUT2D eigenvalue weighted by molar-refractivity contribution is -0.149. The maximum atomic E-state index is 11.9. The van der Waals surface area contributed by atoms with Crippen LogP contribution in [-0.4, -0.2) is 31.8 Å². The first-order valence-electron chi connectivity index (χ1n) is 6.73. The van der Waals surface area contributed by atoms with Crippen LogP contribution < -0.4 is 15.8 Å². The second-order valence-electron chi connectivity index (χ2n) is 5.12. The Morgan fingerprint density at radius 1 is 1.35 bits per heavy atom. The Morgan fingerprint density at radius 3 is 2.40 bits per heavy atom. The first kappa shape index (κ1) is 16.3. The zero-order valence-electron chi connectivity index (χ0n) is 12.6. The van der Waals surface area contributed by atoms with E-state index in [0.29, 0.717) is 6.61 Å². The fourth-order valence-electron chi connectivity index (χ4n) is 2.06. The highest BCUT2D eigenvalue weighted by Crippen LogP contribution is 2.25. The van der Waals surface area contributed by atoms with Crippen LogP contribution in [0.15, 0.2) is 24.3 Å². The summed E-state index contributed by atoms with van der Waals surface area (Å²) in [5, 5.41) is 3.32. The predicted molar refractivity (Wildman–Crippen MR) is 79.9 cm³/mol. The third-order valence-corrected chi connectivity index (χ3v) is 3.23. The van der Waals surface area contributed by atoms with Crippen molar-refractivity contribution in [3.05, 3.63) is 24.3 Å². The van der Waals surface area contributed by atoms with Gasteiger partial charge in [0.15, 0.2) is 0 Å². The summed E-state index contributed by atoms with van der Waals surface area (Å²) in [6.07, 6.45) is 0. The van der Waals surface area contributed by atoms with Crippen molar-refractivity contribution in [2.45, 2.75) is 26.3 Å². The average Bonchev–Trinajstić information content (AvgIpc) is 2.39. The highest BCUT2D eigenvalue weighted by atomic mass is 16.5. The number of anilines is 1. The molecule has 0 aliphatic heterocycles. The Bertz CT molecular complexity index is 429. The molecule has 0 bridgehead atoms. The van der Waals surface area contributed by atoms with Crippen molar-refractivity contribution in [1.82, 2.24) is 0 Å². The summed E-state index contributed by atoms with van der Waals surface area (Å²) in [4.78, 5) is 11.9. The fourth-order valence-corrected chi connectivity index (χ4v) is 2.06. The van der Waals surface area contributed by atoms with Gasteiger partial charge in [0.25, 0.3) is 0 Å². The van der Waals surface area contributed by atoms with Gasteiger partial charge in [0.2, 0.25) is 0 Å². The summed E-state index contributed by atoms with van der Waals surface area (Å²) >= 11 is 0. The molecule has 112 valence electrons. The largest absolute Gasteiger partial charge is 0.497 e. The summed E-state index contributed by atoms with van der Waals surface area (Å²) in [7, 11) is 1.62. The molecule has 0 aromatic heterocycles. The molecule has 0 spiro atoms. The molecule has 5 heteroatoms. The maximum absolute atomic E-state index is 11.9. The van der Waals surface area contributed by atoms with Crippen molar-refractivity contribution in [3.63, 3.8) is 0 Å². The van der Waals surface area contributed by atoms with E-state index in [2.05, 4.69) is 5.32 Å². The van der Waals surface area contributed by atoms with Crippen molar-refractivity contribution >= 4 is 11.7 Å². The summed E-state index contributed by atoms with van der Waals surface area (Å²) in [5.74, 6) is 0.0969. The Labute approximate surface area is 120 Å². The standard InChI is InChI=1S/C15H24N2O3/c1-5-20-14(18)13(10-16)15(2,3)17-11-6-8-12(19-4)9-7-11/h6-9,13,17H,5,10,16H2,1-4H3. The minimum atomic E-state index is -0.504. The first-order valence-corrected chi connectivity index (χ1v) is 6.73. The lowest BCUT2D eigenvalue weighted by atomic mass is 9.87. The lowest BCUT2D eigenvalue weighted by Gasteiger charge is -2.34. The summed E-state index contributed by atoms with van der Waals surface area (Å²) in [6.45, 7) is 6.25. The van der Waals surface area contributed by atoms with Gasteiger partial charge >= 0.3 is 5.97 Å². The van der Waals surface area contributed by atoms with Crippen LogP contribution in [0.1, 0.15) is 20.8 Å². The molecule has 0 amide bonds. The number of benzene rings is 1. The third kappa shape index (κ3) is 4.13. The summed E-state index contributed by atoms with van der Waals surface area (Å²) < 4.78 is 10.2. The van der Waals surface area contributed by atoms with Gasteiger partial charge in [0.1, 0.15) is 5.75 Å². The van der Waals surface area contributed by atoms with Gasteiger partial charge in [-0.3, -0.25) is 4.79 Å². The summed E-state index contributed by atoms with van der Waals surface area (Å²) in [6, 6.07) is 7.53. The number of hydrogen-bond acceptors (Lipinski definition) is 5. The van der Waals surface area contributed by atoms with Crippen molar-refractivity contribution in [2.75, 3.05) is 25.6 Å². The average molecular weight is 280 g/mol. The SMILES string of the molecule is CCOC(=O)C(CN)C(C)(C)Nc1ccc(OC)cc1. The van der Waals surface area contributed by atoms with E-state index in [1.165, 1.54) is 0 Å². The molecule has 0 aliphatic rings. The number of esters is 1. The Balaban J connectivity index is 2.82. The molecule has 1 aromatic rings. The van der Waals surface area contributed by atoms with Gasteiger partial charge in [-0.2, -0.15) is 0 Å². The van der Waals surface area contributed by atoms with Crippen molar-refractivity contribution in [1.29, 1.82) is 0 Å². The van der Waals surface area contributed by atoms with E-state index in [4.69, 9.17) is 15.2 Å². The lowest BCUT2D eigenvalue weighted by Crippen LogP contribution is -2.48. The van der Waals surface area contributed by atoms with Crippen LogP contribution in [0.5, 0.6) is 5.75 Å². The number of rotatable bonds is 7. The van der Waals surface area contributed by atoms with Gasteiger partial charge in [-0.1, -0.05) is 0 Å². The quantitative estimate of drug-likeness (QED) is 0.748. The second kappa shape index (κ2) is 7.14. The van der Waals surface area contributed by atoms with Gasteiger partial charge in [-0.25, -0.2) is 0 Å². The van der Waals surface area contributed by atoms with Gasteiger partial charge in [-0.05, 0) is 45.0 Å². The molecule has 0 heterocycles. The van der Waals surface area contributed by atoms with E-state index in [-0.39, 0.29) is 12.5 Å². The molecule has 0 saturated carbocycles. The number of carbonyl (C=O) groups is 1. The molecule has 20 heavy (non-hydrogen) atoms. The number of nitrogens with two attached hydrogens (primary N) is 1. The minimum absolute atomic E-state index is 0.231. The normalized spacial score (nSPS) is 12.7. The van der Waals surface area contributed by atoms with Gasteiger partial charge in [0, 0.05) is 17.8 Å². The molecule has 0 saturated heterocycles. The molecule has 5 nitrogen and oxygen atoms in total. The molecule has 1 atom stereocenters. The highest BCUT2D eigenvalue weighted by Gasteiger charge is 2.35. The van der Waals surface area contributed by atoms with Gasteiger partial charge in [0.05, 0.1) is 19.6 Å². The molecule has 0 fully saturated rings. The molecule has 3 N–H and O–H groups in total. The number of nitrogens with one attached hydrogen (secondary N) is 1. The van der Waals surface area contributed by atoms with Crippen LogP contribution >= 0.6 is 0 Å². The minimum Gasteiger partial charge on any atom is -0.497 e. The Hall–Kier alpha value is -1.75. The van der Waals surface area contributed by atoms with Crippen LogP contribution in [0, 0.1) is 5.92 Å². The van der Waals surface area contributed by atoms with Crippen LogP contribution in [0.4, 0.5) is 5.69 Å². The van der Waals surface area contributed by atoms with Gasteiger partial charge in [-0.15, -0.1) is 0 Å². The van der Waals surface area contributed by atoms with Gasteiger partial charge < -0.3 is 20.5 Å². The third-order valence-electron chi connectivity index (χ3n) is 3.23. The fraction of sp³-hybridized carbons (Fsp3) is 0.533. The van der Waals surface area contributed by atoms with Crippen LogP contribution in [0.25, 0.3) is 0 Å². The van der Waals surface area contributed by atoms with E-state index < -0.39 is 11.5 Å². The van der Waals surface area contributed by atoms with Crippen LogP contribution in [-0.2, 0) is 9.53 Å². The maximum Gasteiger partial charge on any atom is 0.312 e. The van der Waals surface area contributed by atoms with Crippen molar-refractivity contribution in [3.8, 4) is 5.75 Å². The number of hydrogen-bond donors (Lipinski definition) is 2. The van der Waals surface area contributed by atoms with E-state index in [9.17, 15) is 4.79 Å². The van der Waals surface area contributed by atoms with Crippen LogP contribution in [0.3, 0.4) is 0 Å². The molecule has 1 unspecified atom stereocenters. The number of methoxy groups -OCH3 is 1. The molecule has 1 aromatic carbocycles.